The average molecular weight is 332 g/mol. The Morgan fingerprint density at radius 3 is 2.80 bits per heavy atom. The normalized spacial score (nSPS) is 14.5. The van der Waals surface area contributed by atoms with E-state index in [0.29, 0.717) is 6.04 Å². The maximum atomic E-state index is 5.53. The van der Waals surface area contributed by atoms with Gasteiger partial charge in [-0.15, -0.1) is 0 Å². The summed E-state index contributed by atoms with van der Waals surface area (Å²) in [5, 5.41) is 3.57. The first-order valence-corrected chi connectivity index (χ1v) is 7.77. The lowest BCUT2D eigenvalue weighted by Gasteiger charge is -2.16. The van der Waals surface area contributed by atoms with Gasteiger partial charge in [-0.1, -0.05) is 28.1 Å². The summed E-state index contributed by atoms with van der Waals surface area (Å²) in [6.07, 6.45) is 2.03. The smallest absolute Gasteiger partial charge is 0.122 e. The molecule has 1 aliphatic rings. The molecule has 1 heterocycles. The van der Waals surface area contributed by atoms with Gasteiger partial charge in [0.05, 0.1) is 6.61 Å². The molecule has 0 amide bonds. The van der Waals surface area contributed by atoms with E-state index in [2.05, 4.69) is 70.6 Å². The summed E-state index contributed by atoms with van der Waals surface area (Å²) < 4.78 is 6.66. The first kappa shape index (κ1) is 13.5. The van der Waals surface area contributed by atoms with Crippen molar-refractivity contribution in [3.63, 3.8) is 0 Å². The van der Waals surface area contributed by atoms with Crippen LogP contribution in [0.4, 0.5) is 5.69 Å². The Labute approximate surface area is 128 Å². The van der Waals surface area contributed by atoms with Gasteiger partial charge in [0.25, 0.3) is 0 Å². The fourth-order valence-corrected chi connectivity index (χ4v) is 2.85. The van der Waals surface area contributed by atoms with Gasteiger partial charge < -0.3 is 10.1 Å². The van der Waals surface area contributed by atoms with E-state index in [1.165, 1.54) is 16.8 Å². The van der Waals surface area contributed by atoms with E-state index in [4.69, 9.17) is 4.74 Å². The molecular weight excluding hydrogens is 314 g/mol. The maximum Gasteiger partial charge on any atom is 0.122 e. The summed E-state index contributed by atoms with van der Waals surface area (Å²) in [5.74, 6) is 1.04. The molecule has 20 heavy (non-hydrogen) atoms. The summed E-state index contributed by atoms with van der Waals surface area (Å²) in [6.45, 7) is 3.03. The molecule has 2 aromatic rings. The molecule has 0 spiro atoms. The molecule has 0 saturated carbocycles. The average Bonchev–Trinajstić information content (AvgIpc) is 2.89. The molecule has 0 bridgehead atoms. The second-order valence-electron chi connectivity index (χ2n) is 5.30. The number of halogens is 1. The van der Waals surface area contributed by atoms with Gasteiger partial charge in [-0.2, -0.15) is 0 Å². The monoisotopic (exact) mass is 331 g/mol. The molecule has 104 valence electrons. The van der Waals surface area contributed by atoms with E-state index < -0.39 is 0 Å². The summed E-state index contributed by atoms with van der Waals surface area (Å²) in [7, 11) is 0. The zero-order valence-electron chi connectivity index (χ0n) is 11.5. The minimum absolute atomic E-state index is 0.400. The fraction of sp³-hybridized carbons (Fsp3) is 0.294. The molecule has 0 saturated heterocycles. The lowest BCUT2D eigenvalue weighted by molar-refractivity contribution is 0.357. The molecule has 0 fully saturated rings. The van der Waals surface area contributed by atoms with E-state index in [9.17, 15) is 0 Å². The third-order valence-corrected chi connectivity index (χ3v) is 4.09. The van der Waals surface area contributed by atoms with Gasteiger partial charge in [0, 0.05) is 22.6 Å². The number of hydrogen-bond acceptors (Lipinski definition) is 2. The lowest BCUT2D eigenvalue weighted by atomic mass is 10.1. The largest absolute Gasteiger partial charge is 0.493 e. The van der Waals surface area contributed by atoms with E-state index in [1.807, 2.05) is 0 Å². The van der Waals surface area contributed by atoms with Gasteiger partial charge in [0.15, 0.2) is 0 Å². The van der Waals surface area contributed by atoms with Crippen LogP contribution in [0, 0.1) is 0 Å². The number of fused-ring (bicyclic) bond motifs is 1. The molecule has 0 aromatic heterocycles. The fourth-order valence-electron chi connectivity index (χ4n) is 2.59. The highest BCUT2D eigenvalue weighted by molar-refractivity contribution is 9.10. The standard InChI is InChI=1S/C17H18BrNO/c1-12(10-13-2-4-15(18)5-3-13)19-16-6-7-17-14(11-16)8-9-20-17/h2-7,11-12,19H,8-10H2,1H3. The third-order valence-electron chi connectivity index (χ3n) is 3.56. The number of nitrogens with one attached hydrogen (secondary N) is 1. The van der Waals surface area contributed by atoms with Crippen LogP contribution in [0.3, 0.4) is 0 Å². The number of hydrogen-bond donors (Lipinski definition) is 1. The van der Waals surface area contributed by atoms with E-state index in [-0.39, 0.29) is 0 Å². The topological polar surface area (TPSA) is 21.3 Å². The van der Waals surface area contributed by atoms with E-state index >= 15 is 0 Å². The van der Waals surface area contributed by atoms with Crippen molar-refractivity contribution in [3.8, 4) is 5.75 Å². The summed E-state index contributed by atoms with van der Waals surface area (Å²) in [5.41, 5.74) is 3.84. The van der Waals surface area contributed by atoms with Gasteiger partial charge in [0.2, 0.25) is 0 Å². The highest BCUT2D eigenvalue weighted by Crippen LogP contribution is 2.28. The van der Waals surface area contributed by atoms with Crippen LogP contribution >= 0.6 is 15.9 Å². The van der Waals surface area contributed by atoms with Crippen molar-refractivity contribution in [2.75, 3.05) is 11.9 Å². The second kappa shape index (κ2) is 5.88. The molecule has 2 aromatic carbocycles. The van der Waals surface area contributed by atoms with Crippen LogP contribution in [0.1, 0.15) is 18.1 Å². The number of benzene rings is 2. The molecule has 3 rings (SSSR count). The van der Waals surface area contributed by atoms with Crippen LogP contribution in [0.15, 0.2) is 46.9 Å². The minimum atomic E-state index is 0.400. The number of rotatable bonds is 4. The van der Waals surface area contributed by atoms with Crippen LogP contribution in [0.5, 0.6) is 5.75 Å². The van der Waals surface area contributed by atoms with Gasteiger partial charge >= 0.3 is 0 Å². The SMILES string of the molecule is CC(Cc1ccc(Br)cc1)Nc1ccc2c(c1)CCO2. The molecule has 0 aliphatic carbocycles. The highest BCUT2D eigenvalue weighted by atomic mass is 79.9. The molecule has 1 unspecified atom stereocenters. The third kappa shape index (κ3) is 3.15. The van der Waals surface area contributed by atoms with E-state index in [1.54, 1.807) is 0 Å². The van der Waals surface area contributed by atoms with Gasteiger partial charge in [-0.05, 0) is 54.8 Å². The Morgan fingerprint density at radius 1 is 1.20 bits per heavy atom. The van der Waals surface area contributed by atoms with E-state index in [0.717, 1.165) is 29.7 Å². The molecule has 2 nitrogen and oxygen atoms in total. The molecule has 1 atom stereocenters. The molecule has 1 aliphatic heterocycles. The summed E-state index contributed by atoms with van der Waals surface area (Å²) >= 11 is 3.47. The Hall–Kier alpha value is -1.48. The minimum Gasteiger partial charge on any atom is -0.493 e. The second-order valence-corrected chi connectivity index (χ2v) is 6.21. The van der Waals surface area contributed by atoms with Crippen LogP contribution in [-0.2, 0) is 12.8 Å². The van der Waals surface area contributed by atoms with Crippen LogP contribution < -0.4 is 10.1 Å². The molecular formula is C17H18BrNO. The van der Waals surface area contributed by atoms with Crippen molar-refractivity contribution < 1.29 is 4.74 Å². The van der Waals surface area contributed by atoms with Gasteiger partial charge in [-0.3, -0.25) is 0 Å². The summed E-state index contributed by atoms with van der Waals surface area (Å²) in [4.78, 5) is 0. The van der Waals surface area contributed by atoms with Gasteiger partial charge in [0.1, 0.15) is 5.75 Å². The highest BCUT2D eigenvalue weighted by Gasteiger charge is 2.12. The van der Waals surface area contributed by atoms with Crippen LogP contribution in [0.2, 0.25) is 0 Å². The Bertz CT molecular complexity index is 594. The number of ether oxygens (including phenoxy) is 1. The molecule has 0 radical (unpaired) electrons. The summed E-state index contributed by atoms with van der Waals surface area (Å²) in [6, 6.07) is 15.3. The lowest BCUT2D eigenvalue weighted by Crippen LogP contribution is -2.18. The van der Waals surface area contributed by atoms with Crippen molar-refractivity contribution in [3.05, 3.63) is 58.1 Å². The predicted molar refractivity (Wildman–Crippen MR) is 86.6 cm³/mol. The van der Waals surface area contributed by atoms with Crippen LogP contribution in [0.25, 0.3) is 0 Å². The number of anilines is 1. The maximum absolute atomic E-state index is 5.53. The van der Waals surface area contributed by atoms with Crippen molar-refractivity contribution in [2.24, 2.45) is 0 Å². The molecule has 1 N–H and O–H groups in total. The quantitative estimate of drug-likeness (QED) is 0.894. The Kier molecular flexibility index (Phi) is 3.97. The van der Waals surface area contributed by atoms with Crippen molar-refractivity contribution in [1.82, 2.24) is 0 Å². The van der Waals surface area contributed by atoms with Crippen molar-refractivity contribution in [1.29, 1.82) is 0 Å². The van der Waals surface area contributed by atoms with Gasteiger partial charge in [-0.25, -0.2) is 0 Å². The first-order valence-electron chi connectivity index (χ1n) is 6.97. The van der Waals surface area contributed by atoms with Crippen molar-refractivity contribution in [2.45, 2.75) is 25.8 Å². The zero-order chi connectivity index (χ0) is 13.9. The molecule has 3 heteroatoms. The Balaban J connectivity index is 1.63. The predicted octanol–water partition coefficient (Wildman–Crippen LogP) is 4.43. The zero-order valence-corrected chi connectivity index (χ0v) is 13.1. The first-order chi connectivity index (χ1) is 9.70. The van der Waals surface area contributed by atoms with Crippen molar-refractivity contribution >= 4 is 21.6 Å². The Morgan fingerprint density at radius 2 is 2.00 bits per heavy atom. The van der Waals surface area contributed by atoms with Crippen LogP contribution in [-0.4, -0.2) is 12.6 Å².